The van der Waals surface area contributed by atoms with Crippen LogP contribution in [-0.2, 0) is 14.4 Å². The fourth-order valence-electron chi connectivity index (χ4n) is 5.81. The number of benzene rings is 1. The maximum atomic E-state index is 13.9. The number of alkyl halides is 1. The first kappa shape index (κ1) is 24.8. The second-order valence-electron chi connectivity index (χ2n) is 9.46. The summed E-state index contributed by atoms with van der Waals surface area (Å²) in [5.74, 6) is -1.70. The predicted octanol–water partition coefficient (Wildman–Crippen LogP) is 2.90. The Morgan fingerprint density at radius 2 is 2.03 bits per heavy atom. The maximum Gasteiger partial charge on any atom is 0.248 e. The number of amides is 3. The van der Waals surface area contributed by atoms with Gasteiger partial charge in [0.25, 0.3) is 0 Å². The number of aliphatic hydroxyl groups excluding tert-OH is 1. The van der Waals surface area contributed by atoms with Gasteiger partial charge in [0.05, 0.1) is 39.9 Å². The van der Waals surface area contributed by atoms with Crippen LogP contribution in [0.1, 0.15) is 26.7 Å². The highest BCUT2D eigenvalue weighted by Crippen LogP contribution is 2.68. The number of carbonyl (C=O) groups is 3. The number of anilines is 1. The number of hydrogen-bond donors (Lipinski definition) is 3. The number of nitrogens with one attached hydrogen (secondary N) is 2. The zero-order chi connectivity index (χ0) is 24.1. The molecule has 1 spiro atoms. The van der Waals surface area contributed by atoms with E-state index in [4.69, 9.17) is 11.6 Å². The first-order valence-corrected chi connectivity index (χ1v) is 13.4. The number of fused-ring (bicyclic) bond motifs is 1. The molecule has 33 heavy (non-hydrogen) atoms. The van der Waals surface area contributed by atoms with Crippen LogP contribution in [-0.4, -0.2) is 68.3 Å². The lowest BCUT2D eigenvalue weighted by Gasteiger charge is -2.37. The molecule has 1 aromatic rings. The topological polar surface area (TPSA) is 98.7 Å². The Balaban J connectivity index is 1.79. The maximum absolute atomic E-state index is 13.9. The number of rotatable bonds is 7. The molecule has 4 rings (SSSR count). The van der Waals surface area contributed by atoms with E-state index in [-0.39, 0.29) is 40.3 Å². The molecule has 10 heteroatoms. The molecule has 0 radical (unpaired) electrons. The first-order chi connectivity index (χ1) is 15.7. The lowest BCUT2D eigenvalue weighted by Crippen LogP contribution is -2.55. The number of para-hydroxylation sites is 1. The molecule has 3 aliphatic heterocycles. The van der Waals surface area contributed by atoms with E-state index >= 15 is 0 Å². The monoisotopic (exact) mass is 557 g/mol. The van der Waals surface area contributed by atoms with E-state index in [2.05, 4.69) is 26.6 Å². The Morgan fingerprint density at radius 3 is 2.64 bits per heavy atom. The van der Waals surface area contributed by atoms with Crippen molar-refractivity contribution in [1.82, 2.24) is 10.2 Å². The Labute approximate surface area is 211 Å². The fraction of sp³-hybridized carbons (Fsp3) is 0.609. The Hall–Kier alpha value is -1.29. The molecule has 3 N–H and O–H groups in total. The Kier molecular flexibility index (Phi) is 7.07. The quantitative estimate of drug-likeness (QED) is 0.447. The number of aliphatic hydroxyl groups is 1. The van der Waals surface area contributed by atoms with Crippen LogP contribution in [0, 0.1) is 17.8 Å². The molecule has 3 amide bonds. The van der Waals surface area contributed by atoms with Crippen molar-refractivity contribution in [1.29, 1.82) is 0 Å². The van der Waals surface area contributed by atoms with Crippen molar-refractivity contribution in [3.05, 3.63) is 29.3 Å². The standard InChI is InChI=1S/C23H29BrClN3O4S/c1-11(2)8-12(10-29)28-19(21(31)27-15-7-5-4-6-14(15)25)23-9-13(24)18(33-23)16(20(30)26-3)17(23)22(28)32/h4-7,11-13,16-19,29H,8-10H2,1-3H3,(H,26,30)(H,27,31)/t12-,13?,16-,17+,18-,19?,23?/m1/s1. The number of likely N-dealkylation sites (tertiary alicyclic amines) is 1. The second-order valence-corrected chi connectivity index (χ2v) is 12.6. The molecule has 7 nitrogen and oxygen atoms in total. The summed E-state index contributed by atoms with van der Waals surface area (Å²) < 4.78 is -0.761. The summed E-state index contributed by atoms with van der Waals surface area (Å²) in [5, 5.41) is 16.2. The van der Waals surface area contributed by atoms with Gasteiger partial charge in [-0.2, -0.15) is 0 Å². The van der Waals surface area contributed by atoms with Crippen molar-refractivity contribution in [2.75, 3.05) is 19.0 Å². The summed E-state index contributed by atoms with van der Waals surface area (Å²) >= 11 is 11.6. The molecule has 0 saturated carbocycles. The van der Waals surface area contributed by atoms with Gasteiger partial charge in [-0.1, -0.05) is 53.5 Å². The molecule has 0 aliphatic carbocycles. The van der Waals surface area contributed by atoms with Gasteiger partial charge >= 0.3 is 0 Å². The molecule has 0 aromatic heterocycles. The van der Waals surface area contributed by atoms with Crippen molar-refractivity contribution in [3.8, 4) is 0 Å². The van der Waals surface area contributed by atoms with Crippen LogP contribution in [0.15, 0.2) is 24.3 Å². The third-order valence-corrected chi connectivity index (χ3v) is 10.6. The number of hydrogen-bond acceptors (Lipinski definition) is 5. The zero-order valence-electron chi connectivity index (χ0n) is 18.8. The first-order valence-electron chi connectivity index (χ1n) is 11.2. The van der Waals surface area contributed by atoms with Gasteiger partial charge in [0, 0.05) is 17.1 Å². The molecular weight excluding hydrogens is 530 g/mol. The molecule has 1 aromatic carbocycles. The minimum atomic E-state index is -0.827. The normalized spacial score (nSPS) is 33.4. The molecule has 3 unspecified atom stereocenters. The van der Waals surface area contributed by atoms with Crippen LogP contribution in [0.25, 0.3) is 0 Å². The van der Waals surface area contributed by atoms with Crippen molar-refractivity contribution >= 4 is 62.7 Å². The summed E-state index contributed by atoms with van der Waals surface area (Å²) in [4.78, 5) is 42.2. The molecule has 3 fully saturated rings. The lowest BCUT2D eigenvalue weighted by atomic mass is 9.70. The van der Waals surface area contributed by atoms with Crippen molar-refractivity contribution in [2.45, 2.75) is 53.6 Å². The van der Waals surface area contributed by atoms with Gasteiger partial charge < -0.3 is 20.6 Å². The zero-order valence-corrected chi connectivity index (χ0v) is 21.9. The number of thioether (sulfide) groups is 1. The number of nitrogens with zero attached hydrogens (tertiary/aromatic N) is 1. The second kappa shape index (κ2) is 9.40. The SMILES string of the molecule is CNC(=O)[C@H]1[C@@H]2SC3(CC2Br)C(C(=O)Nc2ccccc2Cl)N([C@@H](CO)CC(C)C)C(=O)[C@H]13. The van der Waals surface area contributed by atoms with Crippen LogP contribution >= 0.6 is 39.3 Å². The minimum Gasteiger partial charge on any atom is -0.394 e. The van der Waals surface area contributed by atoms with Gasteiger partial charge in [0.15, 0.2) is 0 Å². The molecule has 3 saturated heterocycles. The van der Waals surface area contributed by atoms with Crippen LogP contribution in [0.2, 0.25) is 5.02 Å². The van der Waals surface area contributed by atoms with Gasteiger partial charge in [-0.3, -0.25) is 14.4 Å². The third-order valence-electron chi connectivity index (χ3n) is 7.00. The number of halogens is 2. The summed E-state index contributed by atoms with van der Waals surface area (Å²) in [6.07, 6.45) is 1.14. The van der Waals surface area contributed by atoms with Gasteiger partial charge in [0.2, 0.25) is 17.7 Å². The van der Waals surface area contributed by atoms with Crippen LogP contribution in [0.5, 0.6) is 0 Å². The molecule has 7 atom stereocenters. The summed E-state index contributed by atoms with van der Waals surface area (Å²) in [7, 11) is 1.57. The highest BCUT2D eigenvalue weighted by Gasteiger charge is 2.76. The third kappa shape index (κ3) is 3.98. The van der Waals surface area contributed by atoms with E-state index in [0.717, 1.165) is 0 Å². The summed E-state index contributed by atoms with van der Waals surface area (Å²) in [6, 6.07) is 5.62. The largest absolute Gasteiger partial charge is 0.394 e. The summed E-state index contributed by atoms with van der Waals surface area (Å²) in [5.41, 5.74) is 0.469. The summed E-state index contributed by atoms with van der Waals surface area (Å²) in [6.45, 7) is 3.78. The molecular formula is C23H29BrClN3O4S. The van der Waals surface area contributed by atoms with E-state index in [1.807, 2.05) is 13.8 Å². The van der Waals surface area contributed by atoms with Crippen LogP contribution < -0.4 is 10.6 Å². The van der Waals surface area contributed by atoms with E-state index in [9.17, 15) is 19.5 Å². The minimum absolute atomic E-state index is 0.00193. The van der Waals surface area contributed by atoms with Crippen LogP contribution in [0.4, 0.5) is 5.69 Å². The lowest BCUT2D eigenvalue weighted by molar-refractivity contribution is -0.142. The fourth-order valence-corrected chi connectivity index (χ4v) is 9.59. The highest BCUT2D eigenvalue weighted by atomic mass is 79.9. The Bertz CT molecular complexity index is 965. The van der Waals surface area contributed by atoms with Crippen molar-refractivity contribution in [2.24, 2.45) is 17.8 Å². The van der Waals surface area contributed by atoms with Gasteiger partial charge in [-0.25, -0.2) is 0 Å². The number of carbonyl (C=O) groups excluding carboxylic acids is 3. The molecule has 2 bridgehead atoms. The van der Waals surface area contributed by atoms with Crippen molar-refractivity contribution < 1.29 is 19.5 Å². The average molecular weight is 559 g/mol. The van der Waals surface area contributed by atoms with E-state index in [1.54, 1.807) is 48.0 Å². The molecule has 180 valence electrons. The van der Waals surface area contributed by atoms with Gasteiger partial charge in [-0.05, 0) is 30.9 Å². The Morgan fingerprint density at radius 1 is 1.33 bits per heavy atom. The average Bonchev–Trinajstić information content (AvgIpc) is 3.36. The van der Waals surface area contributed by atoms with E-state index in [1.165, 1.54) is 0 Å². The van der Waals surface area contributed by atoms with Crippen molar-refractivity contribution in [3.63, 3.8) is 0 Å². The highest BCUT2D eigenvalue weighted by molar-refractivity contribution is 9.09. The van der Waals surface area contributed by atoms with Gasteiger partial charge in [-0.15, -0.1) is 11.8 Å². The van der Waals surface area contributed by atoms with Crippen LogP contribution in [0.3, 0.4) is 0 Å². The molecule has 3 aliphatic rings. The van der Waals surface area contributed by atoms with E-state index < -0.39 is 28.7 Å². The molecule has 3 heterocycles. The smallest absolute Gasteiger partial charge is 0.248 e. The van der Waals surface area contributed by atoms with E-state index in [0.29, 0.717) is 23.6 Å². The predicted molar refractivity (Wildman–Crippen MR) is 134 cm³/mol. The van der Waals surface area contributed by atoms with Gasteiger partial charge in [0.1, 0.15) is 6.04 Å².